The second-order valence-electron chi connectivity index (χ2n) is 5.69. The van der Waals surface area contributed by atoms with Crippen LogP contribution in [0.2, 0.25) is 0 Å². The molecule has 1 aromatic carbocycles. The van der Waals surface area contributed by atoms with Crippen LogP contribution in [-0.2, 0) is 19.6 Å². The van der Waals surface area contributed by atoms with Crippen molar-refractivity contribution >= 4 is 11.3 Å². The molecule has 2 rings (SSSR count). The number of nitrogens with zero attached hydrogens (tertiary/aromatic N) is 1. The molecule has 2 aromatic rings. The van der Waals surface area contributed by atoms with Crippen LogP contribution in [0.3, 0.4) is 0 Å². The second kappa shape index (κ2) is 8.32. The summed E-state index contributed by atoms with van der Waals surface area (Å²) in [5.74, 6) is 0. The van der Waals surface area contributed by atoms with Crippen LogP contribution < -0.4 is 5.32 Å². The van der Waals surface area contributed by atoms with E-state index in [1.807, 2.05) is 11.3 Å². The summed E-state index contributed by atoms with van der Waals surface area (Å²) in [6, 6.07) is 13.7. The van der Waals surface area contributed by atoms with Crippen molar-refractivity contribution in [1.82, 2.24) is 10.2 Å². The Bertz CT molecular complexity index is 520. The van der Waals surface area contributed by atoms with Gasteiger partial charge in [-0.05, 0) is 29.1 Å². The van der Waals surface area contributed by atoms with Gasteiger partial charge in [0, 0.05) is 30.6 Å². The third-order valence-corrected chi connectivity index (χ3v) is 4.48. The fourth-order valence-corrected chi connectivity index (χ4v) is 3.09. The minimum atomic E-state index is 0.520. The zero-order valence-corrected chi connectivity index (χ0v) is 14.1. The molecule has 0 saturated carbocycles. The van der Waals surface area contributed by atoms with Crippen molar-refractivity contribution in [2.45, 2.75) is 46.4 Å². The summed E-state index contributed by atoms with van der Waals surface area (Å²) in [6.07, 6.45) is 0. The minimum absolute atomic E-state index is 0.520. The smallest absolute Gasteiger partial charge is 0.0331 e. The summed E-state index contributed by atoms with van der Waals surface area (Å²) >= 11 is 1.84. The van der Waals surface area contributed by atoms with Crippen molar-refractivity contribution in [3.63, 3.8) is 0 Å². The summed E-state index contributed by atoms with van der Waals surface area (Å²) in [6.45, 7) is 10.7. The largest absolute Gasteiger partial charge is 0.310 e. The van der Waals surface area contributed by atoms with Gasteiger partial charge in [0.05, 0.1) is 0 Å². The van der Waals surface area contributed by atoms with Gasteiger partial charge in [0.2, 0.25) is 0 Å². The van der Waals surface area contributed by atoms with Crippen molar-refractivity contribution in [1.29, 1.82) is 0 Å². The van der Waals surface area contributed by atoms with Crippen molar-refractivity contribution in [3.05, 3.63) is 57.8 Å². The van der Waals surface area contributed by atoms with Crippen LogP contribution in [0.15, 0.2) is 41.8 Å². The Morgan fingerprint density at radius 1 is 1.05 bits per heavy atom. The van der Waals surface area contributed by atoms with Gasteiger partial charge >= 0.3 is 0 Å². The molecule has 0 radical (unpaired) electrons. The molecule has 0 spiro atoms. The van der Waals surface area contributed by atoms with Crippen LogP contribution in [0.1, 0.15) is 36.8 Å². The lowest BCUT2D eigenvalue weighted by Gasteiger charge is -2.22. The maximum atomic E-state index is 3.52. The average Bonchev–Trinajstić information content (AvgIpc) is 2.98. The van der Waals surface area contributed by atoms with E-state index in [1.165, 1.54) is 16.0 Å². The van der Waals surface area contributed by atoms with E-state index in [0.29, 0.717) is 6.04 Å². The monoisotopic (exact) mass is 302 g/mol. The van der Waals surface area contributed by atoms with Gasteiger partial charge in [0.15, 0.2) is 0 Å². The van der Waals surface area contributed by atoms with E-state index in [0.717, 1.165) is 26.2 Å². The molecular weight excluding hydrogens is 276 g/mol. The highest BCUT2D eigenvalue weighted by Crippen LogP contribution is 2.16. The molecule has 0 fully saturated rings. The Balaban J connectivity index is 2.02. The average molecular weight is 302 g/mol. The topological polar surface area (TPSA) is 15.3 Å². The molecule has 2 nitrogen and oxygen atoms in total. The van der Waals surface area contributed by atoms with Gasteiger partial charge in [-0.15, -0.1) is 11.3 Å². The maximum absolute atomic E-state index is 3.52. The Morgan fingerprint density at radius 2 is 1.81 bits per heavy atom. The van der Waals surface area contributed by atoms with Crippen LogP contribution >= 0.6 is 11.3 Å². The lowest BCUT2D eigenvalue weighted by atomic mass is 10.1. The SMILES string of the molecule is CCN(Cc1cccs1)Cc1ccccc1CNC(C)C. The van der Waals surface area contributed by atoms with E-state index in [2.05, 4.69) is 72.8 Å². The van der Waals surface area contributed by atoms with Gasteiger partial charge in [-0.1, -0.05) is 51.1 Å². The molecule has 0 saturated heterocycles. The number of nitrogens with one attached hydrogen (secondary N) is 1. The molecule has 114 valence electrons. The summed E-state index contributed by atoms with van der Waals surface area (Å²) in [5, 5.41) is 5.68. The molecule has 0 aliphatic carbocycles. The Labute approximate surface area is 132 Å². The summed E-state index contributed by atoms with van der Waals surface area (Å²) in [5.41, 5.74) is 2.85. The van der Waals surface area contributed by atoms with Crippen LogP contribution in [0, 0.1) is 0 Å². The van der Waals surface area contributed by atoms with Crippen LogP contribution in [0.4, 0.5) is 0 Å². The van der Waals surface area contributed by atoms with Gasteiger partial charge in [0.1, 0.15) is 0 Å². The van der Waals surface area contributed by atoms with Crippen LogP contribution in [0.25, 0.3) is 0 Å². The van der Waals surface area contributed by atoms with Crippen LogP contribution in [-0.4, -0.2) is 17.5 Å². The van der Waals surface area contributed by atoms with Gasteiger partial charge < -0.3 is 5.32 Å². The third-order valence-electron chi connectivity index (χ3n) is 3.62. The van der Waals surface area contributed by atoms with Crippen LogP contribution in [0.5, 0.6) is 0 Å². The Hall–Kier alpha value is -1.16. The highest BCUT2D eigenvalue weighted by molar-refractivity contribution is 7.09. The molecule has 0 unspecified atom stereocenters. The van der Waals surface area contributed by atoms with Gasteiger partial charge in [-0.3, -0.25) is 4.90 Å². The standard InChI is InChI=1S/C18H26N2S/c1-4-20(14-18-10-7-11-21-18)13-17-9-6-5-8-16(17)12-19-15(2)3/h5-11,15,19H,4,12-14H2,1-3H3. The fourth-order valence-electron chi connectivity index (χ4n) is 2.34. The highest BCUT2D eigenvalue weighted by Gasteiger charge is 2.09. The molecule has 1 N–H and O–H groups in total. The number of thiophene rings is 1. The van der Waals surface area contributed by atoms with Gasteiger partial charge in [0.25, 0.3) is 0 Å². The van der Waals surface area contributed by atoms with Crippen molar-refractivity contribution < 1.29 is 0 Å². The Morgan fingerprint density at radius 3 is 2.43 bits per heavy atom. The van der Waals surface area contributed by atoms with Crippen molar-refractivity contribution in [3.8, 4) is 0 Å². The quantitative estimate of drug-likeness (QED) is 0.783. The maximum Gasteiger partial charge on any atom is 0.0331 e. The molecule has 0 atom stereocenters. The van der Waals surface area contributed by atoms with Gasteiger partial charge in [-0.25, -0.2) is 0 Å². The normalized spacial score (nSPS) is 11.5. The molecule has 0 aliphatic heterocycles. The Kier molecular flexibility index (Phi) is 6.43. The zero-order valence-electron chi connectivity index (χ0n) is 13.3. The second-order valence-corrected chi connectivity index (χ2v) is 6.72. The summed E-state index contributed by atoms with van der Waals surface area (Å²) in [7, 11) is 0. The number of hydrogen-bond donors (Lipinski definition) is 1. The molecule has 21 heavy (non-hydrogen) atoms. The summed E-state index contributed by atoms with van der Waals surface area (Å²) in [4.78, 5) is 3.94. The van der Waals surface area contributed by atoms with E-state index < -0.39 is 0 Å². The van der Waals surface area contributed by atoms with E-state index in [1.54, 1.807) is 0 Å². The number of hydrogen-bond acceptors (Lipinski definition) is 3. The molecule has 0 amide bonds. The highest BCUT2D eigenvalue weighted by atomic mass is 32.1. The molecule has 0 bridgehead atoms. The molecular formula is C18H26N2S. The third kappa shape index (κ3) is 5.27. The first-order chi connectivity index (χ1) is 10.2. The van der Waals surface area contributed by atoms with Crippen molar-refractivity contribution in [2.24, 2.45) is 0 Å². The number of rotatable bonds is 8. The molecule has 0 aliphatic rings. The molecule has 1 aromatic heterocycles. The van der Waals surface area contributed by atoms with E-state index in [4.69, 9.17) is 0 Å². The lowest BCUT2D eigenvalue weighted by Crippen LogP contribution is -2.25. The fraction of sp³-hybridized carbons (Fsp3) is 0.444. The number of benzene rings is 1. The lowest BCUT2D eigenvalue weighted by molar-refractivity contribution is 0.273. The van der Waals surface area contributed by atoms with E-state index in [-0.39, 0.29) is 0 Å². The van der Waals surface area contributed by atoms with Crippen molar-refractivity contribution in [2.75, 3.05) is 6.54 Å². The first kappa shape index (κ1) is 16.2. The van der Waals surface area contributed by atoms with E-state index in [9.17, 15) is 0 Å². The first-order valence-corrected chi connectivity index (χ1v) is 8.62. The first-order valence-electron chi connectivity index (χ1n) is 7.74. The predicted molar refractivity (Wildman–Crippen MR) is 92.5 cm³/mol. The molecule has 1 heterocycles. The van der Waals surface area contributed by atoms with E-state index >= 15 is 0 Å². The summed E-state index contributed by atoms with van der Waals surface area (Å²) < 4.78 is 0. The van der Waals surface area contributed by atoms with Gasteiger partial charge in [-0.2, -0.15) is 0 Å². The minimum Gasteiger partial charge on any atom is -0.310 e. The molecule has 3 heteroatoms. The zero-order chi connectivity index (χ0) is 15.1. The predicted octanol–water partition coefficient (Wildman–Crippen LogP) is 4.27.